The SMILES string of the molecule is CCN(CCO)C(=O)c1cncc(C#CCCO)c1. The Labute approximate surface area is 112 Å². The molecule has 0 fully saturated rings. The molecule has 0 saturated heterocycles. The van der Waals surface area contributed by atoms with Gasteiger partial charge in [0, 0.05) is 37.5 Å². The standard InChI is InChI=1S/C14H18N2O3/c1-2-16(6-8-18)14(19)13-9-12(10-15-11-13)5-3-4-7-17/h9-11,17-18H,2,4,6-8H2,1H3. The summed E-state index contributed by atoms with van der Waals surface area (Å²) >= 11 is 0. The van der Waals surface area contributed by atoms with Crippen LogP contribution < -0.4 is 0 Å². The number of rotatable bonds is 5. The lowest BCUT2D eigenvalue weighted by Crippen LogP contribution is -2.33. The molecule has 0 aliphatic rings. The predicted molar refractivity (Wildman–Crippen MR) is 71.5 cm³/mol. The molecule has 1 aromatic heterocycles. The quantitative estimate of drug-likeness (QED) is 0.747. The number of hydrogen-bond acceptors (Lipinski definition) is 4. The van der Waals surface area contributed by atoms with Crippen molar-refractivity contribution < 1.29 is 15.0 Å². The fraction of sp³-hybridized carbons (Fsp3) is 0.429. The van der Waals surface area contributed by atoms with E-state index in [0.717, 1.165) is 0 Å². The van der Waals surface area contributed by atoms with E-state index in [4.69, 9.17) is 10.2 Å². The maximum Gasteiger partial charge on any atom is 0.255 e. The molecule has 1 aromatic rings. The third-order valence-corrected chi connectivity index (χ3v) is 2.49. The third-order valence-electron chi connectivity index (χ3n) is 2.49. The minimum Gasteiger partial charge on any atom is -0.395 e. The van der Waals surface area contributed by atoms with E-state index in [-0.39, 0.29) is 19.1 Å². The first-order valence-electron chi connectivity index (χ1n) is 6.17. The zero-order valence-corrected chi connectivity index (χ0v) is 11.0. The number of pyridine rings is 1. The van der Waals surface area contributed by atoms with Gasteiger partial charge in [0.1, 0.15) is 0 Å². The molecule has 102 valence electrons. The first kappa shape index (κ1) is 15.2. The molecular formula is C14H18N2O3. The van der Waals surface area contributed by atoms with Crippen molar-refractivity contribution in [2.75, 3.05) is 26.3 Å². The van der Waals surface area contributed by atoms with Gasteiger partial charge in [-0.15, -0.1) is 0 Å². The molecule has 0 saturated carbocycles. The van der Waals surface area contributed by atoms with Gasteiger partial charge in [0.2, 0.25) is 0 Å². The monoisotopic (exact) mass is 262 g/mol. The van der Waals surface area contributed by atoms with Gasteiger partial charge in [-0.1, -0.05) is 11.8 Å². The fourth-order valence-electron chi connectivity index (χ4n) is 1.55. The van der Waals surface area contributed by atoms with Crippen LogP contribution in [0.25, 0.3) is 0 Å². The van der Waals surface area contributed by atoms with E-state index in [0.29, 0.717) is 30.6 Å². The van der Waals surface area contributed by atoms with Crippen LogP contribution in [-0.4, -0.2) is 52.3 Å². The van der Waals surface area contributed by atoms with Crippen LogP contribution in [0.3, 0.4) is 0 Å². The number of carbonyl (C=O) groups is 1. The molecule has 5 nitrogen and oxygen atoms in total. The van der Waals surface area contributed by atoms with Crippen LogP contribution in [-0.2, 0) is 0 Å². The van der Waals surface area contributed by atoms with E-state index in [1.54, 1.807) is 17.2 Å². The maximum atomic E-state index is 12.1. The average molecular weight is 262 g/mol. The Morgan fingerprint density at radius 2 is 2.16 bits per heavy atom. The van der Waals surface area contributed by atoms with E-state index >= 15 is 0 Å². The van der Waals surface area contributed by atoms with Crippen LogP contribution in [0.5, 0.6) is 0 Å². The highest BCUT2D eigenvalue weighted by molar-refractivity contribution is 5.94. The number of aromatic nitrogens is 1. The normalized spacial score (nSPS) is 9.63. The third kappa shape index (κ3) is 4.70. The van der Waals surface area contributed by atoms with Crippen LogP contribution in [0.1, 0.15) is 29.3 Å². The molecule has 19 heavy (non-hydrogen) atoms. The van der Waals surface area contributed by atoms with Crippen molar-refractivity contribution in [3.05, 3.63) is 29.6 Å². The van der Waals surface area contributed by atoms with Crippen molar-refractivity contribution in [3.8, 4) is 11.8 Å². The van der Waals surface area contributed by atoms with Gasteiger partial charge in [-0.25, -0.2) is 0 Å². The van der Waals surface area contributed by atoms with Gasteiger partial charge in [0.15, 0.2) is 0 Å². The topological polar surface area (TPSA) is 73.7 Å². The number of nitrogens with zero attached hydrogens (tertiary/aromatic N) is 2. The minimum absolute atomic E-state index is 0.0131. The molecule has 1 amide bonds. The van der Waals surface area contributed by atoms with Crippen LogP contribution in [0, 0.1) is 11.8 Å². The highest BCUT2D eigenvalue weighted by atomic mass is 16.3. The van der Waals surface area contributed by atoms with Crippen molar-refractivity contribution in [1.82, 2.24) is 9.88 Å². The Bertz CT molecular complexity index is 477. The van der Waals surface area contributed by atoms with Crippen LogP contribution >= 0.6 is 0 Å². The second-order valence-electron chi connectivity index (χ2n) is 3.85. The van der Waals surface area contributed by atoms with Gasteiger partial charge in [-0.2, -0.15) is 0 Å². The van der Waals surface area contributed by atoms with Crippen LogP contribution in [0.4, 0.5) is 0 Å². The summed E-state index contributed by atoms with van der Waals surface area (Å²) in [6.07, 6.45) is 3.45. The molecule has 0 unspecified atom stereocenters. The van der Waals surface area contributed by atoms with Crippen LogP contribution in [0.15, 0.2) is 18.5 Å². The summed E-state index contributed by atoms with van der Waals surface area (Å²) in [5, 5.41) is 17.6. The first-order chi connectivity index (χ1) is 9.22. The molecule has 0 aliphatic carbocycles. The Morgan fingerprint density at radius 3 is 2.79 bits per heavy atom. The van der Waals surface area contributed by atoms with Crippen molar-refractivity contribution in [1.29, 1.82) is 0 Å². The second kappa shape index (κ2) is 8.25. The van der Waals surface area contributed by atoms with Gasteiger partial charge < -0.3 is 15.1 Å². The molecule has 1 heterocycles. The Balaban J connectivity index is 2.86. The lowest BCUT2D eigenvalue weighted by molar-refractivity contribution is 0.0731. The molecule has 2 N–H and O–H groups in total. The highest BCUT2D eigenvalue weighted by Gasteiger charge is 2.13. The van der Waals surface area contributed by atoms with Gasteiger partial charge in [0.25, 0.3) is 5.91 Å². The lowest BCUT2D eigenvalue weighted by Gasteiger charge is -2.19. The summed E-state index contributed by atoms with van der Waals surface area (Å²) in [5.74, 6) is 5.45. The van der Waals surface area contributed by atoms with Crippen molar-refractivity contribution in [3.63, 3.8) is 0 Å². The number of carbonyl (C=O) groups excluding carboxylic acids is 1. The summed E-state index contributed by atoms with van der Waals surface area (Å²) in [5.41, 5.74) is 1.09. The second-order valence-corrected chi connectivity index (χ2v) is 3.85. The molecule has 0 aliphatic heterocycles. The summed E-state index contributed by atoms with van der Waals surface area (Å²) in [4.78, 5) is 17.7. The Kier molecular flexibility index (Phi) is 6.58. The first-order valence-corrected chi connectivity index (χ1v) is 6.17. The minimum atomic E-state index is -0.171. The van der Waals surface area contributed by atoms with E-state index < -0.39 is 0 Å². The number of likely N-dealkylation sites (N-methyl/N-ethyl adjacent to an activating group) is 1. The van der Waals surface area contributed by atoms with Crippen molar-refractivity contribution in [2.45, 2.75) is 13.3 Å². The zero-order valence-electron chi connectivity index (χ0n) is 11.0. The maximum absolute atomic E-state index is 12.1. The molecule has 1 rings (SSSR count). The Morgan fingerprint density at radius 1 is 1.37 bits per heavy atom. The summed E-state index contributed by atoms with van der Waals surface area (Å²) in [6, 6.07) is 1.67. The number of aliphatic hydroxyl groups excluding tert-OH is 2. The molecule has 0 atom stereocenters. The van der Waals surface area contributed by atoms with E-state index in [1.165, 1.54) is 6.20 Å². The fourth-order valence-corrected chi connectivity index (χ4v) is 1.55. The predicted octanol–water partition coefficient (Wildman–Crippen LogP) is 0.270. The van der Waals surface area contributed by atoms with Crippen molar-refractivity contribution >= 4 is 5.91 Å². The lowest BCUT2D eigenvalue weighted by atomic mass is 10.2. The van der Waals surface area contributed by atoms with Crippen LogP contribution in [0.2, 0.25) is 0 Å². The van der Waals surface area contributed by atoms with E-state index in [9.17, 15) is 4.79 Å². The van der Waals surface area contributed by atoms with Gasteiger partial charge >= 0.3 is 0 Å². The largest absolute Gasteiger partial charge is 0.395 e. The number of amides is 1. The van der Waals surface area contributed by atoms with E-state index in [1.807, 2.05) is 6.92 Å². The van der Waals surface area contributed by atoms with Gasteiger partial charge in [-0.3, -0.25) is 9.78 Å². The molecule has 0 bridgehead atoms. The average Bonchev–Trinajstić information content (AvgIpc) is 2.44. The molecule has 5 heteroatoms. The molecular weight excluding hydrogens is 244 g/mol. The number of hydrogen-bond donors (Lipinski definition) is 2. The number of aliphatic hydroxyl groups is 2. The molecule has 0 aromatic carbocycles. The Hall–Kier alpha value is -1.90. The smallest absolute Gasteiger partial charge is 0.255 e. The summed E-state index contributed by atoms with van der Waals surface area (Å²) in [7, 11) is 0. The van der Waals surface area contributed by atoms with E-state index in [2.05, 4.69) is 16.8 Å². The van der Waals surface area contributed by atoms with Crippen molar-refractivity contribution in [2.24, 2.45) is 0 Å². The summed E-state index contributed by atoms with van der Waals surface area (Å²) < 4.78 is 0. The van der Waals surface area contributed by atoms with Gasteiger partial charge in [0.05, 0.1) is 18.8 Å². The highest BCUT2D eigenvalue weighted by Crippen LogP contribution is 2.06. The molecule has 0 spiro atoms. The summed E-state index contributed by atoms with van der Waals surface area (Å²) in [6.45, 7) is 2.63. The van der Waals surface area contributed by atoms with Gasteiger partial charge in [-0.05, 0) is 13.0 Å². The molecule has 0 radical (unpaired) electrons. The zero-order chi connectivity index (χ0) is 14.1.